The summed E-state index contributed by atoms with van der Waals surface area (Å²) < 4.78 is 0. The predicted molar refractivity (Wildman–Crippen MR) is 75.1 cm³/mol. The van der Waals surface area contributed by atoms with Crippen molar-refractivity contribution in [3.05, 3.63) is 48.5 Å². The monoisotopic (exact) mass is 226 g/mol. The molecule has 0 aliphatic carbocycles. The molecule has 0 amide bonds. The maximum Gasteiger partial charge on any atom is 0.0420 e. The molecule has 17 heavy (non-hydrogen) atoms. The molecule has 0 saturated heterocycles. The number of anilines is 2. The van der Waals surface area contributed by atoms with E-state index in [4.69, 9.17) is 5.73 Å². The van der Waals surface area contributed by atoms with Gasteiger partial charge in [-0.1, -0.05) is 43.3 Å². The van der Waals surface area contributed by atoms with E-state index in [9.17, 15) is 0 Å². The molecular formula is C15H18N2. The van der Waals surface area contributed by atoms with Crippen molar-refractivity contribution in [2.75, 3.05) is 17.6 Å². The third kappa shape index (κ3) is 2.59. The summed E-state index contributed by atoms with van der Waals surface area (Å²) in [6, 6.07) is 16.2. The zero-order valence-corrected chi connectivity index (χ0v) is 10.1. The SMILES string of the molecule is CCCNc1ccccc1-c1ccccc1N. The molecule has 0 bridgehead atoms. The van der Waals surface area contributed by atoms with Crippen LogP contribution in [0.4, 0.5) is 11.4 Å². The Balaban J connectivity index is 2.41. The van der Waals surface area contributed by atoms with E-state index in [0.717, 1.165) is 29.9 Å². The molecule has 2 nitrogen and oxygen atoms in total. The van der Waals surface area contributed by atoms with Crippen molar-refractivity contribution in [3.63, 3.8) is 0 Å². The number of nitrogens with one attached hydrogen (secondary N) is 1. The molecule has 3 N–H and O–H groups in total. The van der Waals surface area contributed by atoms with Gasteiger partial charge in [0, 0.05) is 29.0 Å². The van der Waals surface area contributed by atoms with Gasteiger partial charge in [-0.05, 0) is 18.6 Å². The van der Waals surface area contributed by atoms with Crippen molar-refractivity contribution in [2.45, 2.75) is 13.3 Å². The first-order valence-electron chi connectivity index (χ1n) is 6.00. The van der Waals surface area contributed by atoms with Crippen LogP contribution in [0, 0.1) is 0 Å². The summed E-state index contributed by atoms with van der Waals surface area (Å²) in [6.07, 6.45) is 1.11. The number of para-hydroxylation sites is 2. The molecule has 0 heterocycles. The second-order valence-corrected chi connectivity index (χ2v) is 4.06. The van der Waals surface area contributed by atoms with Crippen LogP contribution in [0.1, 0.15) is 13.3 Å². The Morgan fingerprint density at radius 3 is 2.29 bits per heavy atom. The smallest absolute Gasteiger partial charge is 0.0420 e. The fraction of sp³-hybridized carbons (Fsp3) is 0.200. The zero-order chi connectivity index (χ0) is 12.1. The second kappa shape index (κ2) is 5.39. The molecule has 2 aromatic carbocycles. The van der Waals surface area contributed by atoms with Crippen LogP contribution in [0.3, 0.4) is 0 Å². The minimum Gasteiger partial charge on any atom is -0.398 e. The molecule has 0 aromatic heterocycles. The number of rotatable bonds is 4. The summed E-state index contributed by atoms with van der Waals surface area (Å²) >= 11 is 0. The predicted octanol–water partition coefficient (Wildman–Crippen LogP) is 3.76. The van der Waals surface area contributed by atoms with Crippen molar-refractivity contribution < 1.29 is 0 Å². The zero-order valence-electron chi connectivity index (χ0n) is 10.1. The minimum absolute atomic E-state index is 0.818. The van der Waals surface area contributed by atoms with Crippen molar-refractivity contribution in [1.82, 2.24) is 0 Å². The number of hydrogen-bond donors (Lipinski definition) is 2. The molecule has 0 fully saturated rings. The topological polar surface area (TPSA) is 38.0 Å². The lowest BCUT2D eigenvalue weighted by Gasteiger charge is -2.13. The summed E-state index contributed by atoms with van der Waals surface area (Å²) in [5, 5.41) is 3.43. The molecule has 0 aliphatic rings. The Hall–Kier alpha value is -1.96. The molecule has 2 aromatic rings. The summed E-state index contributed by atoms with van der Waals surface area (Å²) in [6.45, 7) is 3.14. The van der Waals surface area contributed by atoms with Crippen molar-refractivity contribution in [2.24, 2.45) is 0 Å². The first kappa shape index (κ1) is 11.5. The van der Waals surface area contributed by atoms with Crippen LogP contribution in [0.15, 0.2) is 48.5 Å². The van der Waals surface area contributed by atoms with Crippen LogP contribution in [-0.2, 0) is 0 Å². The van der Waals surface area contributed by atoms with Crippen molar-refractivity contribution in [1.29, 1.82) is 0 Å². The number of benzene rings is 2. The highest BCUT2D eigenvalue weighted by molar-refractivity contribution is 5.84. The Morgan fingerprint density at radius 1 is 0.941 bits per heavy atom. The molecule has 2 rings (SSSR count). The van der Waals surface area contributed by atoms with Gasteiger partial charge in [0.2, 0.25) is 0 Å². The molecule has 0 spiro atoms. The van der Waals surface area contributed by atoms with Crippen LogP contribution in [0.25, 0.3) is 11.1 Å². The second-order valence-electron chi connectivity index (χ2n) is 4.06. The highest BCUT2D eigenvalue weighted by Crippen LogP contribution is 2.31. The molecule has 2 heteroatoms. The minimum atomic E-state index is 0.818. The van der Waals surface area contributed by atoms with Gasteiger partial charge >= 0.3 is 0 Å². The van der Waals surface area contributed by atoms with Gasteiger partial charge in [0.25, 0.3) is 0 Å². The average molecular weight is 226 g/mol. The summed E-state index contributed by atoms with van der Waals surface area (Å²) in [5.41, 5.74) is 10.2. The van der Waals surface area contributed by atoms with Crippen molar-refractivity contribution >= 4 is 11.4 Å². The summed E-state index contributed by atoms with van der Waals surface area (Å²) in [5.74, 6) is 0. The first-order valence-corrected chi connectivity index (χ1v) is 6.00. The van der Waals surface area contributed by atoms with Gasteiger partial charge in [0.1, 0.15) is 0 Å². The number of nitrogen functional groups attached to an aromatic ring is 1. The standard InChI is InChI=1S/C15H18N2/c1-2-11-17-15-10-6-4-8-13(15)12-7-3-5-9-14(12)16/h3-10,17H,2,11,16H2,1H3. The lowest BCUT2D eigenvalue weighted by molar-refractivity contribution is 0.980. The van der Waals surface area contributed by atoms with Gasteiger partial charge in [0.15, 0.2) is 0 Å². The van der Waals surface area contributed by atoms with Crippen molar-refractivity contribution in [3.8, 4) is 11.1 Å². The van der Waals surface area contributed by atoms with Gasteiger partial charge in [-0.15, -0.1) is 0 Å². The molecule has 0 saturated carbocycles. The van der Waals surface area contributed by atoms with E-state index in [1.165, 1.54) is 5.56 Å². The quantitative estimate of drug-likeness (QED) is 0.779. The van der Waals surface area contributed by atoms with Gasteiger partial charge in [-0.2, -0.15) is 0 Å². The van der Waals surface area contributed by atoms with E-state index in [1.807, 2.05) is 30.3 Å². The third-order valence-corrected chi connectivity index (χ3v) is 2.74. The van der Waals surface area contributed by atoms with Crippen LogP contribution >= 0.6 is 0 Å². The Morgan fingerprint density at radius 2 is 1.59 bits per heavy atom. The normalized spacial score (nSPS) is 10.2. The van der Waals surface area contributed by atoms with E-state index in [0.29, 0.717) is 0 Å². The fourth-order valence-electron chi connectivity index (χ4n) is 1.87. The van der Waals surface area contributed by atoms with Crippen LogP contribution < -0.4 is 11.1 Å². The van der Waals surface area contributed by atoms with Crippen LogP contribution in [-0.4, -0.2) is 6.54 Å². The Labute approximate surface area is 102 Å². The Kier molecular flexibility index (Phi) is 3.66. The molecule has 0 unspecified atom stereocenters. The molecule has 88 valence electrons. The molecule has 0 atom stereocenters. The van der Waals surface area contributed by atoms with E-state index in [-0.39, 0.29) is 0 Å². The van der Waals surface area contributed by atoms with Crippen LogP contribution in [0.2, 0.25) is 0 Å². The van der Waals surface area contributed by atoms with E-state index < -0.39 is 0 Å². The molecule has 0 aliphatic heterocycles. The fourth-order valence-corrected chi connectivity index (χ4v) is 1.87. The van der Waals surface area contributed by atoms with Gasteiger partial charge in [-0.25, -0.2) is 0 Å². The van der Waals surface area contributed by atoms with E-state index >= 15 is 0 Å². The van der Waals surface area contributed by atoms with Gasteiger partial charge < -0.3 is 11.1 Å². The largest absolute Gasteiger partial charge is 0.398 e. The molecule has 0 radical (unpaired) electrons. The van der Waals surface area contributed by atoms with E-state index in [2.05, 4.69) is 30.4 Å². The maximum atomic E-state index is 6.02. The van der Waals surface area contributed by atoms with Crippen LogP contribution in [0.5, 0.6) is 0 Å². The average Bonchev–Trinajstić information content (AvgIpc) is 2.37. The van der Waals surface area contributed by atoms with E-state index in [1.54, 1.807) is 0 Å². The van der Waals surface area contributed by atoms with Gasteiger partial charge in [0.05, 0.1) is 0 Å². The number of nitrogens with two attached hydrogens (primary N) is 1. The highest BCUT2D eigenvalue weighted by atomic mass is 14.9. The third-order valence-electron chi connectivity index (χ3n) is 2.74. The molecular weight excluding hydrogens is 208 g/mol. The first-order chi connectivity index (χ1) is 8.33. The highest BCUT2D eigenvalue weighted by Gasteiger charge is 2.06. The summed E-state index contributed by atoms with van der Waals surface area (Å²) in [7, 11) is 0. The summed E-state index contributed by atoms with van der Waals surface area (Å²) in [4.78, 5) is 0. The maximum absolute atomic E-state index is 6.02. The lowest BCUT2D eigenvalue weighted by Crippen LogP contribution is -2.01. The number of hydrogen-bond acceptors (Lipinski definition) is 2. The Bertz CT molecular complexity index is 492. The van der Waals surface area contributed by atoms with Gasteiger partial charge in [-0.3, -0.25) is 0 Å². The lowest BCUT2D eigenvalue weighted by atomic mass is 10.0.